The Bertz CT molecular complexity index is 413. The van der Waals surface area contributed by atoms with Gasteiger partial charge in [0.25, 0.3) is 0 Å². The molecule has 0 aliphatic rings. The summed E-state index contributed by atoms with van der Waals surface area (Å²) in [5.74, 6) is 0.0307. The zero-order valence-corrected chi connectivity index (χ0v) is 13.3. The molecule has 3 nitrogen and oxygen atoms in total. The molecule has 1 amide bonds. The van der Waals surface area contributed by atoms with E-state index in [1.807, 2.05) is 20.0 Å². The number of carbonyl (C=O) groups excluding carboxylic acids is 1. The first kappa shape index (κ1) is 18.5. The number of hydrogen-bond donors (Lipinski definition) is 2. The predicted molar refractivity (Wildman–Crippen MR) is 83.6 cm³/mol. The lowest BCUT2D eigenvalue weighted by Gasteiger charge is -2.11. The van der Waals surface area contributed by atoms with Crippen LogP contribution in [0.25, 0.3) is 0 Å². The molecule has 6 heteroatoms. The van der Waals surface area contributed by atoms with E-state index in [9.17, 15) is 4.79 Å². The molecule has 0 aliphatic heterocycles. The Kier molecular flexibility index (Phi) is 9.19. The molecule has 1 unspecified atom stereocenters. The highest BCUT2D eigenvalue weighted by atomic mass is 35.5. The summed E-state index contributed by atoms with van der Waals surface area (Å²) in [7, 11) is 1.87. The van der Waals surface area contributed by atoms with Gasteiger partial charge in [-0.15, -0.1) is 12.4 Å². The van der Waals surface area contributed by atoms with Gasteiger partial charge in [0.15, 0.2) is 0 Å². The second-order valence-electron chi connectivity index (χ2n) is 4.23. The van der Waals surface area contributed by atoms with Crippen molar-refractivity contribution in [3.63, 3.8) is 0 Å². The molecule has 2 N–H and O–H groups in total. The van der Waals surface area contributed by atoms with E-state index in [1.165, 1.54) is 0 Å². The minimum atomic E-state index is 0. The summed E-state index contributed by atoms with van der Waals surface area (Å²) >= 11 is 11.8. The van der Waals surface area contributed by atoms with E-state index >= 15 is 0 Å². The molecular formula is C13H19Cl3N2O. The Morgan fingerprint density at radius 1 is 1.37 bits per heavy atom. The summed E-state index contributed by atoms with van der Waals surface area (Å²) in [5.41, 5.74) is 0.942. The number of amides is 1. The fraction of sp³-hybridized carbons (Fsp3) is 0.462. The zero-order valence-electron chi connectivity index (χ0n) is 11.0. The monoisotopic (exact) mass is 324 g/mol. The van der Waals surface area contributed by atoms with Gasteiger partial charge in [0.1, 0.15) is 0 Å². The first-order valence-electron chi connectivity index (χ1n) is 5.91. The van der Waals surface area contributed by atoms with E-state index < -0.39 is 0 Å². The number of benzene rings is 1. The maximum absolute atomic E-state index is 11.6. The van der Waals surface area contributed by atoms with Crippen LogP contribution in [0.3, 0.4) is 0 Å². The van der Waals surface area contributed by atoms with Crippen molar-refractivity contribution in [1.82, 2.24) is 10.6 Å². The molecule has 19 heavy (non-hydrogen) atoms. The number of hydrogen-bond acceptors (Lipinski definition) is 2. The van der Waals surface area contributed by atoms with Crippen molar-refractivity contribution in [3.8, 4) is 0 Å². The van der Waals surface area contributed by atoms with Gasteiger partial charge in [0.05, 0.1) is 0 Å². The summed E-state index contributed by atoms with van der Waals surface area (Å²) < 4.78 is 0. The van der Waals surface area contributed by atoms with Gasteiger partial charge in [-0.3, -0.25) is 4.79 Å². The molecule has 0 saturated heterocycles. The van der Waals surface area contributed by atoms with Gasteiger partial charge in [0.2, 0.25) is 5.91 Å². The van der Waals surface area contributed by atoms with Crippen LogP contribution in [0.1, 0.15) is 18.9 Å². The minimum absolute atomic E-state index is 0. The summed E-state index contributed by atoms with van der Waals surface area (Å²) in [6, 6.07) is 5.60. The SMILES string of the molecule is CNC(C)CNC(=O)CCc1ccc(Cl)cc1Cl.Cl. The first-order chi connectivity index (χ1) is 8.52. The van der Waals surface area contributed by atoms with Crippen molar-refractivity contribution in [3.05, 3.63) is 33.8 Å². The van der Waals surface area contributed by atoms with Gasteiger partial charge in [-0.25, -0.2) is 0 Å². The largest absolute Gasteiger partial charge is 0.355 e. The molecule has 0 radical (unpaired) electrons. The Labute approximate surface area is 130 Å². The fourth-order valence-electron chi connectivity index (χ4n) is 1.43. The van der Waals surface area contributed by atoms with Crippen molar-refractivity contribution in [2.24, 2.45) is 0 Å². The number of carbonyl (C=O) groups is 1. The molecule has 1 aromatic rings. The molecule has 0 bridgehead atoms. The van der Waals surface area contributed by atoms with Crippen LogP contribution in [0.15, 0.2) is 18.2 Å². The molecule has 0 saturated carbocycles. The van der Waals surface area contributed by atoms with Gasteiger partial charge < -0.3 is 10.6 Å². The smallest absolute Gasteiger partial charge is 0.220 e. The molecule has 1 aromatic carbocycles. The Balaban J connectivity index is 0.00000324. The van der Waals surface area contributed by atoms with Crippen molar-refractivity contribution in [1.29, 1.82) is 0 Å². The third-order valence-corrected chi connectivity index (χ3v) is 3.32. The van der Waals surface area contributed by atoms with Crippen LogP contribution in [0.5, 0.6) is 0 Å². The maximum atomic E-state index is 11.6. The third kappa shape index (κ3) is 7.02. The van der Waals surface area contributed by atoms with Gasteiger partial charge in [-0.1, -0.05) is 29.3 Å². The van der Waals surface area contributed by atoms with Crippen LogP contribution in [0, 0.1) is 0 Å². The predicted octanol–water partition coefficient (Wildman–Crippen LogP) is 3.07. The highest BCUT2D eigenvalue weighted by Crippen LogP contribution is 2.21. The van der Waals surface area contributed by atoms with Gasteiger partial charge >= 0.3 is 0 Å². The number of halogens is 3. The van der Waals surface area contributed by atoms with Crippen LogP contribution in [-0.2, 0) is 11.2 Å². The first-order valence-corrected chi connectivity index (χ1v) is 6.66. The summed E-state index contributed by atoms with van der Waals surface area (Å²) in [6.07, 6.45) is 1.05. The lowest BCUT2D eigenvalue weighted by Crippen LogP contribution is -2.37. The molecule has 0 spiro atoms. The van der Waals surface area contributed by atoms with Crippen LogP contribution in [0.4, 0.5) is 0 Å². The highest BCUT2D eigenvalue weighted by Gasteiger charge is 2.06. The Morgan fingerprint density at radius 3 is 2.63 bits per heavy atom. The average Bonchev–Trinajstić information content (AvgIpc) is 2.34. The second-order valence-corrected chi connectivity index (χ2v) is 5.07. The molecule has 0 heterocycles. The van der Waals surface area contributed by atoms with E-state index in [4.69, 9.17) is 23.2 Å². The molecule has 1 atom stereocenters. The van der Waals surface area contributed by atoms with Gasteiger partial charge in [-0.05, 0) is 38.1 Å². The van der Waals surface area contributed by atoms with E-state index in [1.54, 1.807) is 12.1 Å². The Hall–Kier alpha value is -0.480. The summed E-state index contributed by atoms with van der Waals surface area (Å²) in [4.78, 5) is 11.6. The fourth-order valence-corrected chi connectivity index (χ4v) is 1.93. The lowest BCUT2D eigenvalue weighted by atomic mass is 10.1. The topological polar surface area (TPSA) is 41.1 Å². The highest BCUT2D eigenvalue weighted by molar-refractivity contribution is 6.35. The minimum Gasteiger partial charge on any atom is -0.355 e. The molecule has 0 aliphatic carbocycles. The van der Waals surface area contributed by atoms with Gasteiger partial charge in [0, 0.05) is 29.1 Å². The van der Waals surface area contributed by atoms with Crippen LogP contribution >= 0.6 is 35.6 Å². The van der Waals surface area contributed by atoms with Crippen LogP contribution in [0.2, 0.25) is 10.0 Å². The average molecular weight is 326 g/mol. The quantitative estimate of drug-likeness (QED) is 0.844. The van der Waals surface area contributed by atoms with E-state index in [-0.39, 0.29) is 24.4 Å². The standard InChI is InChI=1S/C13H18Cl2N2O.ClH/c1-9(16-2)8-17-13(18)6-4-10-3-5-11(14)7-12(10)15;/h3,5,7,9,16H,4,6,8H2,1-2H3,(H,17,18);1H. The van der Waals surface area contributed by atoms with Crippen molar-refractivity contribution < 1.29 is 4.79 Å². The van der Waals surface area contributed by atoms with Gasteiger partial charge in [-0.2, -0.15) is 0 Å². The van der Waals surface area contributed by atoms with E-state index in [0.717, 1.165) is 5.56 Å². The van der Waals surface area contributed by atoms with Crippen LogP contribution in [-0.4, -0.2) is 25.5 Å². The normalized spacial score (nSPS) is 11.6. The number of likely N-dealkylation sites (N-methyl/N-ethyl adjacent to an activating group) is 1. The summed E-state index contributed by atoms with van der Waals surface area (Å²) in [6.45, 7) is 2.64. The van der Waals surface area contributed by atoms with Crippen LogP contribution < -0.4 is 10.6 Å². The van der Waals surface area contributed by atoms with Crippen molar-refractivity contribution in [2.45, 2.75) is 25.8 Å². The molecule has 0 aromatic heterocycles. The van der Waals surface area contributed by atoms with Crippen molar-refractivity contribution >= 4 is 41.5 Å². The lowest BCUT2D eigenvalue weighted by molar-refractivity contribution is -0.121. The van der Waals surface area contributed by atoms with E-state index in [0.29, 0.717) is 29.4 Å². The molecular weight excluding hydrogens is 307 g/mol. The number of nitrogens with one attached hydrogen (secondary N) is 2. The third-order valence-electron chi connectivity index (χ3n) is 2.73. The van der Waals surface area contributed by atoms with E-state index in [2.05, 4.69) is 10.6 Å². The maximum Gasteiger partial charge on any atom is 0.220 e. The zero-order chi connectivity index (χ0) is 13.5. The van der Waals surface area contributed by atoms with Crippen molar-refractivity contribution in [2.75, 3.05) is 13.6 Å². The summed E-state index contributed by atoms with van der Waals surface area (Å²) in [5, 5.41) is 7.14. The Morgan fingerprint density at radius 2 is 2.05 bits per heavy atom. The number of rotatable bonds is 6. The molecule has 108 valence electrons. The molecule has 0 fully saturated rings. The number of aryl methyl sites for hydroxylation is 1. The molecule has 1 rings (SSSR count). The second kappa shape index (κ2) is 9.43.